The lowest BCUT2D eigenvalue weighted by molar-refractivity contribution is 0.669. The number of furan rings is 1. The third kappa shape index (κ3) is 5.53. The molecule has 2 nitrogen and oxygen atoms in total. The van der Waals surface area contributed by atoms with E-state index in [9.17, 15) is 0 Å². The van der Waals surface area contributed by atoms with Gasteiger partial charge in [0.05, 0.1) is 5.69 Å². The van der Waals surface area contributed by atoms with Crippen LogP contribution in [0.2, 0.25) is 0 Å². The highest BCUT2D eigenvalue weighted by atomic mass is 16.3. The molecule has 50 heavy (non-hydrogen) atoms. The van der Waals surface area contributed by atoms with E-state index in [4.69, 9.17) is 4.42 Å². The van der Waals surface area contributed by atoms with Gasteiger partial charge in [-0.05, 0) is 75.3 Å². The van der Waals surface area contributed by atoms with Crippen LogP contribution < -0.4 is 4.90 Å². The van der Waals surface area contributed by atoms with E-state index in [-0.39, 0.29) is 0 Å². The van der Waals surface area contributed by atoms with Crippen LogP contribution in [0.4, 0.5) is 17.1 Å². The van der Waals surface area contributed by atoms with Gasteiger partial charge in [0.15, 0.2) is 0 Å². The molecular formula is C48H33NO. The van der Waals surface area contributed by atoms with Crippen molar-refractivity contribution >= 4 is 39.0 Å². The standard InChI is InChI=1S/C48H33NO/c1-3-12-34(13-4-1)36-22-24-38(25-23-36)40-16-11-17-41(32-40)49(42-30-31-45-44-19-8-10-21-47(44)50-48(45)33-42)46-20-9-7-18-43(46)39-28-26-37(27-29-39)35-14-5-2-6-15-35/h1-33H. The van der Waals surface area contributed by atoms with Gasteiger partial charge in [0.1, 0.15) is 11.2 Å². The summed E-state index contributed by atoms with van der Waals surface area (Å²) >= 11 is 0. The first-order valence-electron chi connectivity index (χ1n) is 17.0. The third-order valence-electron chi connectivity index (χ3n) is 9.50. The van der Waals surface area contributed by atoms with Crippen molar-refractivity contribution in [3.8, 4) is 44.5 Å². The zero-order chi connectivity index (χ0) is 33.3. The van der Waals surface area contributed by atoms with Gasteiger partial charge >= 0.3 is 0 Å². The summed E-state index contributed by atoms with van der Waals surface area (Å²) in [5.74, 6) is 0. The van der Waals surface area contributed by atoms with Crippen LogP contribution in [0.3, 0.4) is 0 Å². The molecule has 0 fully saturated rings. The van der Waals surface area contributed by atoms with Crippen LogP contribution in [0.15, 0.2) is 205 Å². The molecule has 2 heteroatoms. The molecule has 0 unspecified atom stereocenters. The Kier molecular flexibility index (Phi) is 7.53. The van der Waals surface area contributed by atoms with E-state index in [0.29, 0.717) is 0 Å². The van der Waals surface area contributed by atoms with E-state index in [0.717, 1.165) is 55.7 Å². The summed E-state index contributed by atoms with van der Waals surface area (Å²) in [4.78, 5) is 2.36. The van der Waals surface area contributed by atoms with E-state index < -0.39 is 0 Å². The van der Waals surface area contributed by atoms with Crippen molar-refractivity contribution in [1.82, 2.24) is 0 Å². The van der Waals surface area contributed by atoms with Crippen LogP contribution in [0, 0.1) is 0 Å². The highest BCUT2D eigenvalue weighted by Crippen LogP contribution is 2.43. The van der Waals surface area contributed by atoms with E-state index >= 15 is 0 Å². The Hall–Kier alpha value is -6.64. The van der Waals surface area contributed by atoms with Crippen LogP contribution >= 0.6 is 0 Å². The number of para-hydroxylation sites is 2. The van der Waals surface area contributed by atoms with Gasteiger partial charge in [-0.25, -0.2) is 0 Å². The molecule has 0 amide bonds. The molecule has 0 N–H and O–H groups in total. The van der Waals surface area contributed by atoms with Crippen molar-refractivity contribution in [2.75, 3.05) is 4.90 Å². The smallest absolute Gasteiger partial charge is 0.137 e. The van der Waals surface area contributed by atoms with Crippen molar-refractivity contribution in [1.29, 1.82) is 0 Å². The second kappa shape index (κ2) is 12.8. The molecule has 0 saturated carbocycles. The molecular weight excluding hydrogens is 607 g/mol. The Morgan fingerprint density at radius 1 is 0.300 bits per heavy atom. The summed E-state index contributed by atoms with van der Waals surface area (Å²) in [5, 5.41) is 2.24. The zero-order valence-corrected chi connectivity index (χ0v) is 27.4. The largest absolute Gasteiger partial charge is 0.456 e. The monoisotopic (exact) mass is 639 g/mol. The first-order valence-corrected chi connectivity index (χ1v) is 17.0. The predicted molar refractivity (Wildman–Crippen MR) is 210 cm³/mol. The highest BCUT2D eigenvalue weighted by Gasteiger charge is 2.19. The van der Waals surface area contributed by atoms with Crippen LogP contribution in [0.5, 0.6) is 0 Å². The van der Waals surface area contributed by atoms with Gasteiger partial charge in [0, 0.05) is 33.8 Å². The average molecular weight is 640 g/mol. The first kappa shape index (κ1) is 29.5. The highest BCUT2D eigenvalue weighted by molar-refractivity contribution is 6.06. The third-order valence-corrected chi connectivity index (χ3v) is 9.50. The van der Waals surface area contributed by atoms with E-state index in [1.54, 1.807) is 0 Å². The number of rotatable bonds is 7. The Morgan fingerprint density at radius 2 is 0.800 bits per heavy atom. The predicted octanol–water partition coefficient (Wildman–Crippen LogP) is 13.7. The van der Waals surface area contributed by atoms with Crippen LogP contribution in [0.25, 0.3) is 66.4 Å². The summed E-state index contributed by atoms with van der Waals surface area (Å²) in [5.41, 5.74) is 14.4. The van der Waals surface area contributed by atoms with Crippen LogP contribution in [0.1, 0.15) is 0 Å². The quantitative estimate of drug-likeness (QED) is 0.173. The second-order valence-electron chi connectivity index (χ2n) is 12.6. The summed E-state index contributed by atoms with van der Waals surface area (Å²) in [6.45, 7) is 0. The molecule has 236 valence electrons. The minimum Gasteiger partial charge on any atom is -0.456 e. The maximum absolute atomic E-state index is 6.40. The summed E-state index contributed by atoms with van der Waals surface area (Å²) < 4.78 is 6.40. The van der Waals surface area contributed by atoms with Gasteiger partial charge in [-0.3, -0.25) is 0 Å². The molecule has 9 aromatic rings. The summed E-state index contributed by atoms with van der Waals surface area (Å²) in [7, 11) is 0. The molecule has 1 heterocycles. The molecule has 0 aliphatic carbocycles. The number of benzene rings is 8. The van der Waals surface area contributed by atoms with Gasteiger partial charge in [0.2, 0.25) is 0 Å². The number of nitrogens with zero attached hydrogens (tertiary/aromatic N) is 1. The molecule has 0 spiro atoms. The average Bonchev–Trinajstić information content (AvgIpc) is 3.57. The molecule has 0 bridgehead atoms. The molecule has 1 aromatic heterocycles. The minimum atomic E-state index is 0.867. The number of hydrogen-bond acceptors (Lipinski definition) is 2. The Labute approximate surface area is 292 Å². The second-order valence-corrected chi connectivity index (χ2v) is 12.6. The molecule has 0 atom stereocenters. The molecule has 0 aliphatic rings. The zero-order valence-electron chi connectivity index (χ0n) is 27.4. The fourth-order valence-corrected chi connectivity index (χ4v) is 6.98. The van der Waals surface area contributed by atoms with Crippen LogP contribution in [-0.2, 0) is 0 Å². The minimum absolute atomic E-state index is 0.867. The normalized spacial score (nSPS) is 11.2. The summed E-state index contributed by atoms with van der Waals surface area (Å²) in [6, 6.07) is 71.1. The number of anilines is 3. The van der Waals surface area contributed by atoms with Crippen molar-refractivity contribution < 1.29 is 4.42 Å². The van der Waals surface area contributed by atoms with Crippen molar-refractivity contribution in [3.63, 3.8) is 0 Å². The Bertz CT molecular complexity index is 2570. The van der Waals surface area contributed by atoms with Gasteiger partial charge in [-0.15, -0.1) is 0 Å². The van der Waals surface area contributed by atoms with E-state index in [2.05, 4.69) is 193 Å². The van der Waals surface area contributed by atoms with Crippen molar-refractivity contribution in [2.24, 2.45) is 0 Å². The lowest BCUT2D eigenvalue weighted by Crippen LogP contribution is -2.11. The maximum atomic E-state index is 6.40. The SMILES string of the molecule is c1ccc(-c2ccc(-c3cccc(N(c4ccc5c(c4)oc4ccccc45)c4ccccc4-c4ccc(-c5ccccc5)cc4)c3)cc2)cc1. The van der Waals surface area contributed by atoms with Gasteiger partial charge < -0.3 is 9.32 Å². The Morgan fingerprint density at radius 3 is 1.50 bits per heavy atom. The molecule has 9 rings (SSSR count). The first-order chi connectivity index (χ1) is 24.8. The van der Waals surface area contributed by atoms with Gasteiger partial charge in [-0.2, -0.15) is 0 Å². The van der Waals surface area contributed by atoms with Crippen LogP contribution in [-0.4, -0.2) is 0 Å². The lowest BCUT2D eigenvalue weighted by atomic mass is 9.97. The fraction of sp³-hybridized carbons (Fsp3) is 0. The Balaban J connectivity index is 1.17. The van der Waals surface area contributed by atoms with Crippen molar-refractivity contribution in [2.45, 2.75) is 0 Å². The van der Waals surface area contributed by atoms with E-state index in [1.807, 2.05) is 12.1 Å². The number of fused-ring (bicyclic) bond motifs is 3. The van der Waals surface area contributed by atoms with E-state index in [1.165, 1.54) is 27.8 Å². The van der Waals surface area contributed by atoms with Gasteiger partial charge in [0.25, 0.3) is 0 Å². The maximum Gasteiger partial charge on any atom is 0.137 e. The molecule has 0 saturated heterocycles. The topological polar surface area (TPSA) is 16.4 Å². The molecule has 8 aromatic carbocycles. The van der Waals surface area contributed by atoms with Gasteiger partial charge in [-0.1, -0.05) is 158 Å². The molecule has 0 radical (unpaired) electrons. The molecule has 0 aliphatic heterocycles. The van der Waals surface area contributed by atoms with Crippen molar-refractivity contribution in [3.05, 3.63) is 200 Å². The summed E-state index contributed by atoms with van der Waals surface area (Å²) in [6.07, 6.45) is 0. The lowest BCUT2D eigenvalue weighted by Gasteiger charge is -2.28. The fourth-order valence-electron chi connectivity index (χ4n) is 6.98. The number of hydrogen-bond donors (Lipinski definition) is 0.